The van der Waals surface area contributed by atoms with Gasteiger partial charge in [-0.25, -0.2) is 0 Å². The Morgan fingerprint density at radius 2 is 1.30 bits per heavy atom. The van der Waals surface area contributed by atoms with Gasteiger partial charge in [0, 0.05) is 67.8 Å². The summed E-state index contributed by atoms with van der Waals surface area (Å²) in [6.07, 6.45) is 8.46. The van der Waals surface area contributed by atoms with Crippen molar-refractivity contribution in [3.63, 3.8) is 0 Å². The molecule has 6 heteroatoms. The fraction of sp³-hybridized carbons (Fsp3) is 0.162. The fourth-order valence-electron chi connectivity index (χ4n) is 5.64. The molecular weight excluding hydrogens is 532 g/mol. The second kappa shape index (κ2) is 11.9. The quantitative estimate of drug-likeness (QED) is 0.187. The summed E-state index contributed by atoms with van der Waals surface area (Å²) in [7, 11) is 2.06. The first-order valence-corrected chi connectivity index (χ1v) is 14.8. The van der Waals surface area contributed by atoms with Crippen molar-refractivity contribution in [2.75, 3.05) is 36.6 Å². The summed E-state index contributed by atoms with van der Waals surface area (Å²) in [5.41, 5.74) is 6.36. The highest BCUT2D eigenvalue weighted by atomic mass is 16.5. The topological polar surface area (TPSA) is 41.1 Å². The monoisotopic (exact) mass is 566 g/mol. The summed E-state index contributed by atoms with van der Waals surface area (Å²) in [4.78, 5) is 11.5. The van der Waals surface area contributed by atoms with Crippen LogP contribution < -0.4 is 19.3 Å². The molecule has 0 amide bonds. The van der Waals surface area contributed by atoms with Crippen molar-refractivity contribution < 1.29 is 9.47 Å². The highest BCUT2D eigenvalue weighted by molar-refractivity contribution is 5.75. The molecule has 0 saturated carbocycles. The number of hydrogen-bond acceptors (Lipinski definition) is 6. The largest absolute Gasteiger partial charge is 0.457 e. The summed E-state index contributed by atoms with van der Waals surface area (Å²) < 4.78 is 12.6. The van der Waals surface area contributed by atoms with Crippen LogP contribution >= 0.6 is 0 Å². The Hall–Kier alpha value is -5.23. The lowest BCUT2D eigenvalue weighted by molar-refractivity contribution is 0.481. The molecule has 5 aromatic rings. The zero-order chi connectivity index (χ0) is 29.0. The predicted octanol–water partition coefficient (Wildman–Crippen LogP) is 8.78. The Bertz CT molecular complexity index is 1750. The van der Waals surface area contributed by atoms with Crippen molar-refractivity contribution in [1.29, 1.82) is 0 Å². The Morgan fingerprint density at radius 3 is 2.12 bits per heavy atom. The first-order valence-electron chi connectivity index (χ1n) is 14.8. The van der Waals surface area contributed by atoms with Gasteiger partial charge in [0.1, 0.15) is 23.0 Å². The standard InChI is InChI=1S/C37H34N4O2/c1-39-19-20-41(27-39)31-10-8-14-35(25-31)43-34-13-7-9-29(22-34)37-24-28(15-16-38-37)30-21-32(40-17-5-6-18-40)26-36(23-30)42-33-11-3-2-4-12-33/h2-4,7-16,19-26H,5-6,17-18,27H2,1H3. The second-order valence-electron chi connectivity index (χ2n) is 11.0. The van der Waals surface area contributed by atoms with Crippen LogP contribution in [0.1, 0.15) is 12.8 Å². The first-order chi connectivity index (χ1) is 21.2. The zero-order valence-electron chi connectivity index (χ0n) is 24.3. The Kier molecular flexibility index (Phi) is 7.40. The molecular formula is C37H34N4O2. The molecule has 0 bridgehead atoms. The van der Waals surface area contributed by atoms with Gasteiger partial charge in [0.05, 0.1) is 12.4 Å². The van der Waals surface area contributed by atoms with Crippen LogP contribution in [0.4, 0.5) is 11.4 Å². The molecule has 1 saturated heterocycles. The summed E-state index contributed by atoms with van der Waals surface area (Å²) in [6.45, 7) is 2.95. The fourth-order valence-corrected chi connectivity index (χ4v) is 5.64. The number of ether oxygens (including phenoxy) is 2. The molecule has 43 heavy (non-hydrogen) atoms. The van der Waals surface area contributed by atoms with Gasteiger partial charge in [-0.05, 0) is 84.6 Å². The predicted molar refractivity (Wildman–Crippen MR) is 174 cm³/mol. The highest BCUT2D eigenvalue weighted by Gasteiger charge is 2.16. The van der Waals surface area contributed by atoms with Gasteiger partial charge >= 0.3 is 0 Å². The number of pyridine rings is 1. The minimum atomic E-state index is 0.769. The van der Waals surface area contributed by atoms with E-state index in [0.29, 0.717) is 0 Å². The molecule has 1 aromatic heterocycles. The van der Waals surface area contributed by atoms with Crippen LogP contribution in [-0.4, -0.2) is 36.7 Å². The van der Waals surface area contributed by atoms with E-state index in [9.17, 15) is 0 Å². The van der Waals surface area contributed by atoms with Gasteiger partial charge in [-0.3, -0.25) is 4.98 Å². The van der Waals surface area contributed by atoms with Gasteiger partial charge in [0.25, 0.3) is 0 Å². The number of benzene rings is 4. The molecule has 0 spiro atoms. The molecule has 7 rings (SSSR count). The molecule has 3 heterocycles. The second-order valence-corrected chi connectivity index (χ2v) is 11.0. The van der Waals surface area contributed by atoms with E-state index >= 15 is 0 Å². The lowest BCUT2D eigenvalue weighted by Crippen LogP contribution is -2.21. The van der Waals surface area contributed by atoms with E-state index in [1.807, 2.05) is 66.9 Å². The molecule has 6 nitrogen and oxygen atoms in total. The SMILES string of the molecule is CN1C=CN(c2cccc(Oc3cccc(-c4cc(-c5cc(Oc6ccccc6)cc(N6CCCC6)c5)ccn4)c3)c2)C1. The van der Waals surface area contributed by atoms with E-state index in [2.05, 4.69) is 82.7 Å². The molecule has 1 fully saturated rings. The van der Waals surface area contributed by atoms with E-state index in [4.69, 9.17) is 14.5 Å². The van der Waals surface area contributed by atoms with Crippen LogP contribution in [-0.2, 0) is 0 Å². The van der Waals surface area contributed by atoms with Crippen LogP contribution in [0, 0.1) is 0 Å². The number of para-hydroxylation sites is 1. The molecule has 0 N–H and O–H groups in total. The van der Waals surface area contributed by atoms with Crippen molar-refractivity contribution in [3.8, 4) is 45.4 Å². The summed E-state index contributed by atoms with van der Waals surface area (Å²) >= 11 is 0. The summed E-state index contributed by atoms with van der Waals surface area (Å²) in [6, 6.07) is 37.0. The van der Waals surface area contributed by atoms with Gasteiger partial charge in [-0.2, -0.15) is 0 Å². The van der Waals surface area contributed by atoms with Crippen molar-refractivity contribution in [2.45, 2.75) is 12.8 Å². The highest BCUT2D eigenvalue weighted by Crippen LogP contribution is 2.36. The number of aromatic nitrogens is 1. The van der Waals surface area contributed by atoms with Crippen molar-refractivity contribution in [3.05, 3.63) is 128 Å². The van der Waals surface area contributed by atoms with Gasteiger partial charge in [-0.1, -0.05) is 36.4 Å². The van der Waals surface area contributed by atoms with Gasteiger partial charge in [-0.15, -0.1) is 0 Å². The minimum absolute atomic E-state index is 0.769. The van der Waals surface area contributed by atoms with E-state index in [1.165, 1.54) is 18.5 Å². The van der Waals surface area contributed by atoms with E-state index in [1.54, 1.807) is 0 Å². The Labute approximate surface area is 253 Å². The maximum absolute atomic E-state index is 6.31. The normalized spacial score (nSPS) is 14.4. The Morgan fingerprint density at radius 1 is 0.581 bits per heavy atom. The van der Waals surface area contributed by atoms with Crippen LogP contribution in [0.15, 0.2) is 128 Å². The number of hydrogen-bond donors (Lipinski definition) is 0. The smallest absolute Gasteiger partial charge is 0.130 e. The molecule has 0 atom stereocenters. The summed E-state index contributed by atoms with van der Waals surface area (Å²) in [5, 5.41) is 0. The van der Waals surface area contributed by atoms with E-state index in [0.717, 1.165) is 70.8 Å². The average molecular weight is 567 g/mol. The van der Waals surface area contributed by atoms with Gasteiger partial charge in [0.15, 0.2) is 0 Å². The van der Waals surface area contributed by atoms with Crippen LogP contribution in [0.3, 0.4) is 0 Å². The molecule has 0 unspecified atom stereocenters. The average Bonchev–Trinajstić information content (AvgIpc) is 3.75. The van der Waals surface area contributed by atoms with Gasteiger partial charge in [0.2, 0.25) is 0 Å². The zero-order valence-corrected chi connectivity index (χ0v) is 24.3. The molecule has 0 radical (unpaired) electrons. The van der Waals surface area contributed by atoms with Crippen molar-refractivity contribution >= 4 is 11.4 Å². The molecule has 214 valence electrons. The first kappa shape index (κ1) is 26.7. The third-order valence-electron chi connectivity index (χ3n) is 7.83. The Balaban J connectivity index is 1.16. The molecule has 2 aliphatic heterocycles. The van der Waals surface area contributed by atoms with E-state index < -0.39 is 0 Å². The maximum Gasteiger partial charge on any atom is 0.130 e. The molecule has 0 aliphatic carbocycles. The number of anilines is 2. The van der Waals surface area contributed by atoms with E-state index in [-0.39, 0.29) is 0 Å². The van der Waals surface area contributed by atoms with Crippen molar-refractivity contribution in [1.82, 2.24) is 9.88 Å². The third-order valence-corrected chi connectivity index (χ3v) is 7.83. The van der Waals surface area contributed by atoms with Crippen molar-refractivity contribution in [2.24, 2.45) is 0 Å². The lowest BCUT2D eigenvalue weighted by atomic mass is 10.0. The van der Waals surface area contributed by atoms with Crippen LogP contribution in [0.25, 0.3) is 22.4 Å². The number of nitrogens with zero attached hydrogens (tertiary/aromatic N) is 4. The van der Waals surface area contributed by atoms with Crippen LogP contribution in [0.2, 0.25) is 0 Å². The third kappa shape index (κ3) is 6.19. The molecule has 2 aliphatic rings. The lowest BCUT2D eigenvalue weighted by Gasteiger charge is -2.20. The van der Waals surface area contributed by atoms with Gasteiger partial charge < -0.3 is 24.2 Å². The molecule has 4 aromatic carbocycles. The number of rotatable bonds is 8. The minimum Gasteiger partial charge on any atom is -0.457 e. The maximum atomic E-state index is 6.31. The van der Waals surface area contributed by atoms with Crippen LogP contribution in [0.5, 0.6) is 23.0 Å². The summed E-state index contributed by atoms with van der Waals surface area (Å²) in [5.74, 6) is 3.22.